The highest BCUT2D eigenvalue weighted by Gasteiger charge is 2.53. The van der Waals surface area contributed by atoms with Crippen LogP contribution in [0, 0.1) is 17.1 Å². The van der Waals surface area contributed by atoms with Gasteiger partial charge >= 0.3 is 6.18 Å². The molecule has 1 fully saturated rings. The molecule has 2 aromatic carbocycles. The molecule has 2 aromatic rings. The summed E-state index contributed by atoms with van der Waals surface area (Å²) in [6.45, 7) is 0.176. The van der Waals surface area contributed by atoms with Crippen molar-refractivity contribution in [3.8, 4) is 6.07 Å². The van der Waals surface area contributed by atoms with Gasteiger partial charge in [0, 0.05) is 24.2 Å². The molecule has 142 valence electrons. The quantitative estimate of drug-likeness (QED) is 0.757. The SMILES string of the molecule is N#Cc1ccc(N2CC[C@@]3(O)C(=O)c4cc(F)c(C(F)(F)F)cc4N=C23)cc1. The lowest BCUT2D eigenvalue weighted by molar-refractivity contribution is -0.139. The molecule has 2 aliphatic rings. The topological polar surface area (TPSA) is 76.7 Å². The largest absolute Gasteiger partial charge is 0.419 e. The lowest BCUT2D eigenvalue weighted by atomic mass is 9.87. The van der Waals surface area contributed by atoms with Crippen LogP contribution in [0.25, 0.3) is 0 Å². The number of carbonyl (C=O) groups is 1. The fourth-order valence-electron chi connectivity index (χ4n) is 3.44. The number of alkyl halides is 3. The fourth-order valence-corrected chi connectivity index (χ4v) is 3.44. The Morgan fingerprint density at radius 1 is 1.21 bits per heavy atom. The zero-order valence-electron chi connectivity index (χ0n) is 14.1. The third kappa shape index (κ3) is 2.57. The highest BCUT2D eigenvalue weighted by atomic mass is 19.4. The van der Waals surface area contributed by atoms with E-state index < -0.39 is 34.5 Å². The molecule has 28 heavy (non-hydrogen) atoms. The van der Waals surface area contributed by atoms with Gasteiger partial charge in [-0.15, -0.1) is 0 Å². The smallest absolute Gasteiger partial charge is 0.374 e. The van der Waals surface area contributed by atoms with Crippen LogP contribution in [0.1, 0.15) is 27.9 Å². The van der Waals surface area contributed by atoms with Crippen molar-refractivity contribution < 1.29 is 27.5 Å². The first kappa shape index (κ1) is 18.1. The number of halogens is 4. The molecule has 4 rings (SSSR count). The van der Waals surface area contributed by atoms with Crippen LogP contribution in [-0.4, -0.2) is 28.9 Å². The van der Waals surface area contributed by atoms with Crippen molar-refractivity contribution in [3.63, 3.8) is 0 Å². The molecule has 0 saturated carbocycles. The average molecular weight is 389 g/mol. The second-order valence-electron chi connectivity index (χ2n) is 6.53. The van der Waals surface area contributed by atoms with Crippen LogP contribution in [-0.2, 0) is 6.18 Å². The highest BCUT2D eigenvalue weighted by Crippen LogP contribution is 2.42. The van der Waals surface area contributed by atoms with Crippen LogP contribution < -0.4 is 4.90 Å². The van der Waals surface area contributed by atoms with Gasteiger partial charge in [0.2, 0.25) is 5.78 Å². The number of aliphatic imine (C=N–C) groups is 1. The van der Waals surface area contributed by atoms with Gasteiger partial charge in [0.15, 0.2) is 5.60 Å². The molecule has 0 bridgehead atoms. The molecule has 2 heterocycles. The monoisotopic (exact) mass is 389 g/mol. The number of fused-ring (bicyclic) bond motifs is 2. The van der Waals surface area contributed by atoms with E-state index in [4.69, 9.17) is 5.26 Å². The average Bonchev–Trinajstić information content (AvgIpc) is 2.99. The molecule has 0 unspecified atom stereocenters. The van der Waals surface area contributed by atoms with Crippen LogP contribution in [0.3, 0.4) is 0 Å². The third-order valence-electron chi connectivity index (χ3n) is 4.87. The summed E-state index contributed by atoms with van der Waals surface area (Å²) < 4.78 is 52.9. The molecule has 1 N–H and O–H groups in total. The van der Waals surface area contributed by atoms with E-state index in [1.165, 1.54) is 17.0 Å². The molecule has 2 aliphatic heterocycles. The summed E-state index contributed by atoms with van der Waals surface area (Å²) >= 11 is 0. The third-order valence-corrected chi connectivity index (χ3v) is 4.87. The first-order chi connectivity index (χ1) is 13.1. The number of hydrogen-bond donors (Lipinski definition) is 1. The Bertz CT molecular complexity index is 1070. The molecule has 1 saturated heterocycles. The van der Waals surface area contributed by atoms with Gasteiger partial charge in [-0.1, -0.05) is 0 Å². The van der Waals surface area contributed by atoms with Crippen molar-refractivity contribution in [1.29, 1.82) is 5.26 Å². The zero-order valence-corrected chi connectivity index (χ0v) is 14.1. The Labute approximate surface area is 156 Å². The maximum atomic E-state index is 13.9. The van der Waals surface area contributed by atoms with E-state index in [-0.39, 0.29) is 24.5 Å². The van der Waals surface area contributed by atoms with Gasteiger partial charge in [0.1, 0.15) is 11.7 Å². The predicted molar refractivity (Wildman–Crippen MR) is 90.9 cm³/mol. The number of benzene rings is 2. The van der Waals surface area contributed by atoms with E-state index >= 15 is 0 Å². The summed E-state index contributed by atoms with van der Waals surface area (Å²) in [7, 11) is 0. The maximum absolute atomic E-state index is 13.9. The number of hydrogen-bond acceptors (Lipinski definition) is 5. The Kier molecular flexibility index (Phi) is 3.80. The minimum absolute atomic E-state index is 0.0489. The van der Waals surface area contributed by atoms with Crippen LogP contribution in [0.4, 0.5) is 28.9 Å². The van der Waals surface area contributed by atoms with Crippen molar-refractivity contribution in [1.82, 2.24) is 0 Å². The van der Waals surface area contributed by atoms with Crippen LogP contribution in [0.5, 0.6) is 0 Å². The van der Waals surface area contributed by atoms with Gasteiger partial charge in [0.25, 0.3) is 0 Å². The minimum atomic E-state index is -4.95. The number of anilines is 1. The van der Waals surface area contributed by atoms with Gasteiger partial charge in [-0.25, -0.2) is 9.38 Å². The van der Waals surface area contributed by atoms with E-state index in [1.807, 2.05) is 6.07 Å². The van der Waals surface area contributed by atoms with E-state index in [2.05, 4.69) is 4.99 Å². The zero-order chi connectivity index (χ0) is 20.3. The summed E-state index contributed by atoms with van der Waals surface area (Å²) in [6.07, 6.45) is -4.99. The number of rotatable bonds is 1. The first-order valence-electron chi connectivity index (χ1n) is 8.20. The fraction of sp³-hybridized carbons (Fsp3) is 0.211. The van der Waals surface area contributed by atoms with Gasteiger partial charge in [0.05, 0.1) is 22.9 Å². The molecule has 5 nitrogen and oxygen atoms in total. The minimum Gasteiger partial charge on any atom is -0.374 e. The summed E-state index contributed by atoms with van der Waals surface area (Å²) in [4.78, 5) is 18.3. The van der Waals surface area contributed by atoms with E-state index in [0.29, 0.717) is 23.4 Å². The van der Waals surface area contributed by atoms with Gasteiger partial charge in [-0.3, -0.25) is 4.79 Å². The van der Waals surface area contributed by atoms with Gasteiger partial charge < -0.3 is 10.0 Å². The maximum Gasteiger partial charge on any atom is 0.419 e. The van der Waals surface area contributed by atoms with E-state index in [9.17, 15) is 27.5 Å². The van der Waals surface area contributed by atoms with E-state index in [1.54, 1.807) is 12.1 Å². The second kappa shape index (κ2) is 5.87. The van der Waals surface area contributed by atoms with Crippen molar-refractivity contribution >= 4 is 23.0 Å². The standard InChI is InChI=1S/C19H11F4N3O2/c20-14-7-12-15(8-13(14)19(21,22)23)25-17-18(28,16(12)27)5-6-26(17)11-3-1-10(9-24)2-4-11/h1-4,7-8,28H,5-6H2/t18-/m1/s1. The van der Waals surface area contributed by atoms with Gasteiger partial charge in [-0.2, -0.15) is 18.4 Å². The number of aliphatic hydroxyl groups is 1. The normalized spacial score (nSPS) is 21.1. The number of carbonyl (C=O) groups excluding carboxylic acids is 1. The number of ketones is 1. The summed E-state index contributed by atoms with van der Waals surface area (Å²) in [6, 6.07) is 9.14. The van der Waals surface area contributed by atoms with Crippen molar-refractivity contribution in [2.45, 2.75) is 18.2 Å². The van der Waals surface area contributed by atoms with Crippen molar-refractivity contribution in [2.75, 3.05) is 11.4 Å². The molecule has 0 aromatic heterocycles. The molecule has 0 amide bonds. The number of nitriles is 1. The Balaban J connectivity index is 1.86. The van der Waals surface area contributed by atoms with Crippen LogP contribution >= 0.6 is 0 Å². The highest BCUT2D eigenvalue weighted by molar-refractivity contribution is 6.28. The second-order valence-corrected chi connectivity index (χ2v) is 6.53. The molecule has 0 aliphatic carbocycles. The molecular weight excluding hydrogens is 378 g/mol. The lowest BCUT2D eigenvalue weighted by Crippen LogP contribution is -2.48. The van der Waals surface area contributed by atoms with Crippen LogP contribution in [0.2, 0.25) is 0 Å². The van der Waals surface area contributed by atoms with E-state index in [0.717, 1.165) is 0 Å². The Morgan fingerprint density at radius 3 is 2.50 bits per heavy atom. The number of Topliss-reactive ketones (excluding diaryl/α,β-unsaturated/α-hetero) is 1. The summed E-state index contributed by atoms with van der Waals surface area (Å²) in [5.41, 5.74) is -3.40. The number of nitrogens with zero attached hydrogens (tertiary/aromatic N) is 3. The number of amidine groups is 1. The summed E-state index contributed by atoms with van der Waals surface area (Å²) in [5.74, 6) is -2.60. The van der Waals surface area contributed by atoms with Crippen molar-refractivity contribution in [3.05, 3.63) is 58.9 Å². The molecule has 0 radical (unpaired) electrons. The van der Waals surface area contributed by atoms with Crippen LogP contribution in [0.15, 0.2) is 41.4 Å². The predicted octanol–water partition coefficient (Wildman–Crippen LogP) is 3.58. The Hall–Kier alpha value is -3.25. The lowest BCUT2D eigenvalue weighted by Gasteiger charge is -2.30. The molecule has 1 atom stereocenters. The van der Waals surface area contributed by atoms with Crippen molar-refractivity contribution in [2.24, 2.45) is 4.99 Å². The van der Waals surface area contributed by atoms with Gasteiger partial charge in [-0.05, 0) is 36.4 Å². The molecule has 0 spiro atoms. The molecule has 9 heteroatoms. The first-order valence-corrected chi connectivity index (χ1v) is 8.20. The summed E-state index contributed by atoms with van der Waals surface area (Å²) in [5, 5.41) is 19.7. The molecular formula is C19H11F4N3O2. The Morgan fingerprint density at radius 2 is 1.89 bits per heavy atom.